The molecule has 0 spiro atoms. The molecule has 1 saturated heterocycles. The summed E-state index contributed by atoms with van der Waals surface area (Å²) in [5.41, 5.74) is -0.568. The van der Waals surface area contributed by atoms with Gasteiger partial charge < -0.3 is 25.4 Å². The minimum Gasteiger partial charge on any atom is -0.479 e. The highest BCUT2D eigenvalue weighted by atomic mass is 32.2. The third-order valence-corrected chi connectivity index (χ3v) is 3.68. The number of aliphatic carboxylic acids is 1. The Labute approximate surface area is 95.5 Å². The zero-order valence-corrected chi connectivity index (χ0v) is 9.22. The van der Waals surface area contributed by atoms with E-state index < -0.39 is 35.8 Å². The van der Waals surface area contributed by atoms with Gasteiger partial charge in [-0.15, -0.1) is 0 Å². The quantitative estimate of drug-likeness (QED) is 0.433. The first-order valence-electron chi connectivity index (χ1n) is 4.71. The van der Waals surface area contributed by atoms with Crippen LogP contribution < -0.4 is 5.32 Å². The average molecular weight is 248 g/mol. The SMILES string of the molecule is CNC1=N[C@@H]2[C@@H](O)[C@H](O)[C@@H](C(=O)O)O[C@@H]2S1. The Kier molecular flexibility index (Phi) is 3.06. The lowest BCUT2D eigenvalue weighted by molar-refractivity contribution is -0.184. The molecule has 0 aromatic heterocycles. The van der Waals surface area contributed by atoms with Crippen molar-refractivity contribution in [1.82, 2.24) is 5.32 Å². The predicted molar refractivity (Wildman–Crippen MR) is 56.2 cm³/mol. The molecule has 7 nitrogen and oxygen atoms in total. The molecule has 0 unspecified atom stereocenters. The van der Waals surface area contributed by atoms with E-state index in [1.54, 1.807) is 7.05 Å². The molecule has 2 aliphatic rings. The number of aliphatic hydroxyl groups is 2. The number of aliphatic imine (C=N–C) groups is 1. The number of nitrogens with zero attached hydrogens (tertiary/aromatic N) is 1. The van der Waals surface area contributed by atoms with E-state index in [-0.39, 0.29) is 0 Å². The first kappa shape index (κ1) is 11.6. The number of carbonyl (C=O) groups is 1. The second kappa shape index (κ2) is 4.21. The van der Waals surface area contributed by atoms with Gasteiger partial charge in [-0.2, -0.15) is 0 Å². The van der Waals surface area contributed by atoms with Crippen LogP contribution in [0, 0.1) is 0 Å². The van der Waals surface area contributed by atoms with E-state index in [1.807, 2.05) is 0 Å². The normalized spacial score (nSPS) is 42.4. The second-order valence-corrected chi connectivity index (χ2v) is 4.62. The maximum absolute atomic E-state index is 10.8. The number of ether oxygens (including phenoxy) is 1. The van der Waals surface area contributed by atoms with Crippen molar-refractivity contribution in [3.63, 3.8) is 0 Å². The van der Waals surface area contributed by atoms with E-state index >= 15 is 0 Å². The average Bonchev–Trinajstić information content (AvgIpc) is 2.66. The number of carboxylic acid groups (broad SMARTS) is 1. The number of aliphatic hydroxyl groups excluding tert-OH is 2. The standard InChI is InChI=1S/C8H12N2O5S/c1-9-8-10-2-3(11)4(12)5(6(13)14)15-7(2)16-8/h2-5,7,11-12H,1H3,(H,9,10)(H,13,14)/t2-,3-,4+,5+,7-/m1/s1. The molecular weight excluding hydrogens is 236 g/mol. The van der Waals surface area contributed by atoms with Gasteiger partial charge in [-0.25, -0.2) is 4.79 Å². The first-order valence-corrected chi connectivity index (χ1v) is 5.59. The minimum absolute atomic E-state index is 0.562. The van der Waals surface area contributed by atoms with Crippen LogP contribution >= 0.6 is 11.8 Å². The fourth-order valence-electron chi connectivity index (χ4n) is 1.69. The number of carboxylic acids is 1. The van der Waals surface area contributed by atoms with E-state index in [2.05, 4.69) is 10.3 Å². The molecule has 1 fully saturated rings. The summed E-state index contributed by atoms with van der Waals surface area (Å²) < 4.78 is 5.19. The molecule has 90 valence electrons. The Morgan fingerprint density at radius 3 is 2.75 bits per heavy atom. The summed E-state index contributed by atoms with van der Waals surface area (Å²) in [6, 6.07) is -0.627. The van der Waals surface area contributed by atoms with Gasteiger partial charge in [-0.1, -0.05) is 11.8 Å². The molecule has 0 amide bonds. The summed E-state index contributed by atoms with van der Waals surface area (Å²) >= 11 is 1.20. The maximum atomic E-state index is 10.8. The Morgan fingerprint density at radius 2 is 2.19 bits per heavy atom. The smallest absolute Gasteiger partial charge is 0.335 e. The van der Waals surface area contributed by atoms with Crippen LogP contribution in [-0.2, 0) is 9.53 Å². The number of nitrogens with one attached hydrogen (secondary N) is 1. The number of rotatable bonds is 1. The maximum Gasteiger partial charge on any atom is 0.335 e. The van der Waals surface area contributed by atoms with Crippen molar-refractivity contribution in [2.45, 2.75) is 29.8 Å². The van der Waals surface area contributed by atoms with Crippen molar-refractivity contribution in [2.24, 2.45) is 4.99 Å². The van der Waals surface area contributed by atoms with Crippen molar-refractivity contribution >= 4 is 22.9 Å². The first-order chi connectivity index (χ1) is 7.54. The Balaban J connectivity index is 2.17. The van der Waals surface area contributed by atoms with Gasteiger partial charge in [0.1, 0.15) is 23.7 Å². The summed E-state index contributed by atoms with van der Waals surface area (Å²) in [5.74, 6) is -1.29. The molecule has 5 atom stereocenters. The Morgan fingerprint density at radius 1 is 1.50 bits per heavy atom. The molecule has 4 N–H and O–H groups in total. The van der Waals surface area contributed by atoms with Crippen LogP contribution in [0.2, 0.25) is 0 Å². The fraction of sp³-hybridized carbons (Fsp3) is 0.750. The summed E-state index contributed by atoms with van der Waals surface area (Å²) in [6.45, 7) is 0. The molecule has 0 aromatic carbocycles. The third kappa shape index (κ3) is 1.77. The van der Waals surface area contributed by atoms with Crippen LogP contribution in [0.15, 0.2) is 4.99 Å². The van der Waals surface area contributed by atoms with Gasteiger partial charge in [-0.05, 0) is 0 Å². The van der Waals surface area contributed by atoms with Gasteiger partial charge in [-0.3, -0.25) is 4.99 Å². The number of thioether (sulfide) groups is 1. The zero-order valence-electron chi connectivity index (χ0n) is 8.40. The zero-order chi connectivity index (χ0) is 11.9. The van der Waals surface area contributed by atoms with Crippen LogP contribution in [0.5, 0.6) is 0 Å². The minimum atomic E-state index is -1.46. The highest BCUT2D eigenvalue weighted by Gasteiger charge is 2.50. The van der Waals surface area contributed by atoms with Crippen molar-refractivity contribution < 1.29 is 24.9 Å². The van der Waals surface area contributed by atoms with Gasteiger partial charge in [0, 0.05) is 7.05 Å². The molecule has 0 radical (unpaired) electrons. The molecule has 0 aliphatic carbocycles. The Hall–Kier alpha value is -0.830. The van der Waals surface area contributed by atoms with E-state index in [1.165, 1.54) is 11.8 Å². The predicted octanol–water partition coefficient (Wildman–Crippen LogP) is -1.79. The van der Waals surface area contributed by atoms with Gasteiger partial charge in [0.25, 0.3) is 0 Å². The summed E-state index contributed by atoms with van der Waals surface area (Å²) in [4.78, 5) is 14.9. The lowest BCUT2D eigenvalue weighted by Gasteiger charge is -2.36. The molecule has 0 aromatic rings. The highest BCUT2D eigenvalue weighted by Crippen LogP contribution is 2.35. The molecule has 8 heteroatoms. The summed E-state index contributed by atoms with van der Waals surface area (Å²) in [7, 11) is 1.67. The van der Waals surface area contributed by atoms with Gasteiger partial charge in [0.2, 0.25) is 0 Å². The lowest BCUT2D eigenvalue weighted by atomic mass is 9.98. The lowest BCUT2D eigenvalue weighted by Crippen LogP contribution is -2.57. The number of hydrogen-bond acceptors (Lipinski definition) is 7. The molecule has 2 aliphatic heterocycles. The van der Waals surface area contributed by atoms with Crippen LogP contribution in [0.4, 0.5) is 0 Å². The summed E-state index contributed by atoms with van der Waals surface area (Å²) in [6.07, 6.45) is -4.09. The van der Waals surface area contributed by atoms with Crippen molar-refractivity contribution in [3.05, 3.63) is 0 Å². The highest BCUT2D eigenvalue weighted by molar-refractivity contribution is 8.14. The van der Waals surface area contributed by atoms with Crippen molar-refractivity contribution in [2.75, 3.05) is 7.05 Å². The van der Waals surface area contributed by atoms with Crippen LogP contribution in [-0.4, -0.2) is 63.3 Å². The van der Waals surface area contributed by atoms with E-state index in [0.717, 1.165) is 0 Å². The molecule has 2 rings (SSSR count). The number of fused-ring (bicyclic) bond motifs is 1. The van der Waals surface area contributed by atoms with E-state index in [9.17, 15) is 15.0 Å². The number of amidine groups is 1. The molecule has 2 heterocycles. The monoisotopic (exact) mass is 248 g/mol. The van der Waals surface area contributed by atoms with E-state index in [4.69, 9.17) is 9.84 Å². The van der Waals surface area contributed by atoms with Crippen LogP contribution in [0.1, 0.15) is 0 Å². The van der Waals surface area contributed by atoms with Crippen LogP contribution in [0.25, 0.3) is 0 Å². The van der Waals surface area contributed by atoms with Gasteiger partial charge in [0.15, 0.2) is 11.3 Å². The van der Waals surface area contributed by atoms with Crippen LogP contribution in [0.3, 0.4) is 0 Å². The van der Waals surface area contributed by atoms with Gasteiger partial charge >= 0.3 is 5.97 Å². The molecular formula is C8H12N2O5S. The second-order valence-electron chi connectivity index (χ2n) is 3.54. The molecule has 0 bridgehead atoms. The largest absolute Gasteiger partial charge is 0.479 e. The fourth-order valence-corrected chi connectivity index (χ4v) is 2.74. The van der Waals surface area contributed by atoms with Crippen molar-refractivity contribution in [1.29, 1.82) is 0 Å². The molecule has 16 heavy (non-hydrogen) atoms. The Bertz CT molecular complexity index is 336. The molecule has 0 saturated carbocycles. The number of hydrogen-bond donors (Lipinski definition) is 4. The third-order valence-electron chi connectivity index (χ3n) is 2.52. The van der Waals surface area contributed by atoms with E-state index in [0.29, 0.717) is 5.17 Å². The topological polar surface area (TPSA) is 111 Å². The summed E-state index contributed by atoms with van der Waals surface area (Å²) in [5, 5.41) is 31.5. The van der Waals surface area contributed by atoms with Crippen molar-refractivity contribution in [3.8, 4) is 0 Å². The van der Waals surface area contributed by atoms with Gasteiger partial charge in [0.05, 0.1) is 0 Å².